The van der Waals surface area contributed by atoms with Crippen molar-refractivity contribution >= 4 is 17.5 Å². The van der Waals surface area contributed by atoms with Gasteiger partial charge in [-0.15, -0.1) is 0 Å². The lowest BCUT2D eigenvalue weighted by Crippen LogP contribution is -2.58. The number of nitrogens with zero attached hydrogens (tertiary/aromatic N) is 2. The Bertz CT molecular complexity index is 599. The van der Waals surface area contributed by atoms with Crippen LogP contribution in [-0.2, 0) is 14.3 Å². The van der Waals surface area contributed by atoms with Crippen LogP contribution in [0.4, 0.5) is 5.69 Å². The van der Waals surface area contributed by atoms with Gasteiger partial charge < -0.3 is 15.4 Å². The van der Waals surface area contributed by atoms with E-state index in [9.17, 15) is 9.59 Å². The van der Waals surface area contributed by atoms with E-state index in [1.165, 1.54) is 0 Å². The molecule has 130 valence electrons. The second-order valence-electron chi connectivity index (χ2n) is 6.93. The lowest BCUT2D eigenvalue weighted by atomic mass is 9.80. The van der Waals surface area contributed by atoms with Crippen LogP contribution in [-0.4, -0.2) is 55.1 Å². The number of ether oxygens (including phenoxy) is 1. The predicted octanol–water partition coefficient (Wildman–Crippen LogP) is 1.01. The van der Waals surface area contributed by atoms with Gasteiger partial charge in [0.25, 0.3) is 5.91 Å². The van der Waals surface area contributed by atoms with E-state index in [2.05, 4.69) is 11.8 Å². The Hall–Kier alpha value is -1.92. The van der Waals surface area contributed by atoms with Gasteiger partial charge in [-0.3, -0.25) is 14.5 Å². The van der Waals surface area contributed by atoms with Gasteiger partial charge >= 0.3 is 0 Å². The van der Waals surface area contributed by atoms with Crippen molar-refractivity contribution in [2.75, 3.05) is 37.7 Å². The molecule has 24 heavy (non-hydrogen) atoms. The van der Waals surface area contributed by atoms with Crippen LogP contribution in [0, 0.1) is 5.92 Å². The third kappa shape index (κ3) is 3.60. The smallest absolute Gasteiger partial charge is 0.253 e. The summed E-state index contributed by atoms with van der Waals surface area (Å²) in [4.78, 5) is 27.3. The zero-order valence-corrected chi connectivity index (χ0v) is 14.1. The molecule has 2 aliphatic heterocycles. The maximum atomic E-state index is 12.3. The molecule has 2 fully saturated rings. The standard InChI is InChI=1S/C18H25N3O3/c1-18(14-7-9-20(10-8-14)11-16(19)22)13-21(17(23)12-24-18)15-5-3-2-4-6-15/h2-6,14H,7-13H2,1H3,(H2,19,22). The van der Waals surface area contributed by atoms with Crippen molar-refractivity contribution in [1.29, 1.82) is 0 Å². The van der Waals surface area contributed by atoms with Gasteiger partial charge in [-0.2, -0.15) is 0 Å². The molecule has 0 radical (unpaired) electrons. The summed E-state index contributed by atoms with van der Waals surface area (Å²) >= 11 is 0. The number of carbonyl (C=O) groups excluding carboxylic acids is 2. The number of primary amides is 1. The molecule has 1 atom stereocenters. The summed E-state index contributed by atoms with van der Waals surface area (Å²) in [6.07, 6.45) is 1.89. The van der Waals surface area contributed by atoms with Crippen LogP contribution in [0.2, 0.25) is 0 Å². The molecule has 2 heterocycles. The van der Waals surface area contributed by atoms with E-state index in [-0.39, 0.29) is 24.0 Å². The summed E-state index contributed by atoms with van der Waals surface area (Å²) in [5, 5.41) is 0. The summed E-state index contributed by atoms with van der Waals surface area (Å²) in [5.41, 5.74) is 5.84. The highest BCUT2D eigenvalue weighted by Crippen LogP contribution is 2.35. The molecular formula is C18H25N3O3. The minimum absolute atomic E-state index is 0.00448. The molecule has 1 unspecified atom stereocenters. The van der Waals surface area contributed by atoms with Gasteiger partial charge in [-0.25, -0.2) is 0 Å². The average molecular weight is 331 g/mol. The Morgan fingerprint density at radius 3 is 2.58 bits per heavy atom. The molecule has 2 N–H and O–H groups in total. The molecule has 0 aliphatic carbocycles. The van der Waals surface area contributed by atoms with Crippen molar-refractivity contribution < 1.29 is 14.3 Å². The number of hydrogen-bond donors (Lipinski definition) is 1. The first kappa shape index (κ1) is 16.9. The highest BCUT2D eigenvalue weighted by molar-refractivity contribution is 5.95. The number of benzene rings is 1. The third-order valence-electron chi connectivity index (χ3n) is 5.20. The van der Waals surface area contributed by atoms with E-state index in [1.54, 1.807) is 0 Å². The fourth-order valence-electron chi connectivity index (χ4n) is 3.76. The summed E-state index contributed by atoms with van der Waals surface area (Å²) in [6.45, 7) is 4.78. The van der Waals surface area contributed by atoms with Crippen LogP contribution in [0.3, 0.4) is 0 Å². The van der Waals surface area contributed by atoms with Crippen molar-refractivity contribution in [2.24, 2.45) is 11.7 Å². The first-order valence-electron chi connectivity index (χ1n) is 8.48. The van der Waals surface area contributed by atoms with Crippen molar-refractivity contribution in [2.45, 2.75) is 25.4 Å². The number of hydrogen-bond acceptors (Lipinski definition) is 4. The van der Waals surface area contributed by atoms with E-state index in [0.29, 0.717) is 19.0 Å². The molecule has 2 aliphatic rings. The average Bonchev–Trinajstić information content (AvgIpc) is 2.58. The number of para-hydroxylation sites is 1. The number of morpholine rings is 1. The third-order valence-corrected chi connectivity index (χ3v) is 5.20. The minimum atomic E-state index is -0.359. The Morgan fingerprint density at radius 1 is 1.29 bits per heavy atom. The molecule has 3 rings (SSSR count). The molecule has 6 nitrogen and oxygen atoms in total. The molecule has 6 heteroatoms. The Morgan fingerprint density at radius 2 is 1.96 bits per heavy atom. The lowest BCUT2D eigenvalue weighted by Gasteiger charge is -2.47. The zero-order valence-electron chi connectivity index (χ0n) is 14.1. The number of amides is 2. The summed E-state index contributed by atoms with van der Waals surface area (Å²) in [5.74, 6) is 0.0835. The number of rotatable bonds is 4. The number of piperidine rings is 1. The maximum Gasteiger partial charge on any atom is 0.253 e. The zero-order chi connectivity index (χ0) is 17.2. The topological polar surface area (TPSA) is 75.9 Å². The molecule has 2 saturated heterocycles. The fraction of sp³-hybridized carbons (Fsp3) is 0.556. The molecule has 0 aromatic heterocycles. The molecule has 0 spiro atoms. The van der Waals surface area contributed by atoms with Gasteiger partial charge in [0.2, 0.25) is 5.91 Å². The van der Waals surface area contributed by atoms with Gasteiger partial charge in [0, 0.05) is 5.69 Å². The van der Waals surface area contributed by atoms with Crippen LogP contribution in [0.15, 0.2) is 30.3 Å². The Kier molecular flexibility index (Phi) is 4.87. The monoisotopic (exact) mass is 331 g/mol. The van der Waals surface area contributed by atoms with E-state index in [4.69, 9.17) is 10.5 Å². The number of anilines is 1. The van der Waals surface area contributed by atoms with E-state index < -0.39 is 0 Å². The molecule has 2 amide bonds. The minimum Gasteiger partial charge on any atom is -0.369 e. The van der Waals surface area contributed by atoms with Gasteiger partial charge in [-0.1, -0.05) is 18.2 Å². The van der Waals surface area contributed by atoms with Crippen molar-refractivity contribution in [1.82, 2.24) is 4.90 Å². The number of carbonyl (C=O) groups is 2. The van der Waals surface area contributed by atoms with Gasteiger partial charge in [0.05, 0.1) is 18.7 Å². The molecular weight excluding hydrogens is 306 g/mol. The van der Waals surface area contributed by atoms with Crippen LogP contribution in [0.5, 0.6) is 0 Å². The first-order valence-corrected chi connectivity index (χ1v) is 8.48. The summed E-state index contributed by atoms with van der Waals surface area (Å²) in [6, 6.07) is 9.75. The number of likely N-dealkylation sites (tertiary alicyclic amines) is 1. The van der Waals surface area contributed by atoms with Crippen molar-refractivity contribution in [3.05, 3.63) is 30.3 Å². The summed E-state index contributed by atoms with van der Waals surface area (Å²) < 4.78 is 5.98. The number of nitrogens with two attached hydrogens (primary N) is 1. The molecule has 0 bridgehead atoms. The van der Waals surface area contributed by atoms with Crippen molar-refractivity contribution in [3.63, 3.8) is 0 Å². The van der Waals surface area contributed by atoms with E-state index in [0.717, 1.165) is 31.6 Å². The molecule has 1 aromatic rings. The normalized spacial score (nSPS) is 26.5. The largest absolute Gasteiger partial charge is 0.369 e. The molecule has 0 saturated carbocycles. The second kappa shape index (κ2) is 6.91. The quantitative estimate of drug-likeness (QED) is 0.893. The predicted molar refractivity (Wildman–Crippen MR) is 91.5 cm³/mol. The fourth-order valence-corrected chi connectivity index (χ4v) is 3.76. The SMILES string of the molecule is CC1(C2CCN(CC(N)=O)CC2)CN(c2ccccc2)C(=O)CO1. The lowest BCUT2D eigenvalue weighted by molar-refractivity contribution is -0.146. The Balaban J connectivity index is 1.67. The van der Waals surface area contributed by atoms with Crippen LogP contribution in [0.25, 0.3) is 0 Å². The first-order chi connectivity index (χ1) is 11.5. The van der Waals surface area contributed by atoms with Gasteiger partial charge in [0.1, 0.15) is 6.61 Å². The molecule has 1 aromatic carbocycles. The van der Waals surface area contributed by atoms with Crippen LogP contribution >= 0.6 is 0 Å². The second-order valence-corrected chi connectivity index (χ2v) is 6.93. The van der Waals surface area contributed by atoms with Gasteiger partial charge in [-0.05, 0) is 50.9 Å². The van der Waals surface area contributed by atoms with Crippen molar-refractivity contribution in [3.8, 4) is 0 Å². The van der Waals surface area contributed by atoms with Crippen LogP contribution in [0.1, 0.15) is 19.8 Å². The van der Waals surface area contributed by atoms with E-state index >= 15 is 0 Å². The summed E-state index contributed by atoms with van der Waals surface area (Å²) in [7, 11) is 0. The maximum absolute atomic E-state index is 12.3. The Labute approximate surface area is 142 Å². The van der Waals surface area contributed by atoms with Gasteiger partial charge in [0.15, 0.2) is 0 Å². The highest BCUT2D eigenvalue weighted by atomic mass is 16.5. The van der Waals surface area contributed by atoms with Crippen LogP contribution < -0.4 is 10.6 Å². The highest BCUT2D eigenvalue weighted by Gasteiger charge is 2.43. The van der Waals surface area contributed by atoms with E-state index in [1.807, 2.05) is 35.2 Å².